The highest BCUT2D eigenvalue weighted by Crippen LogP contribution is 2.19. The van der Waals surface area contributed by atoms with Crippen LogP contribution in [-0.4, -0.2) is 13.7 Å². The van der Waals surface area contributed by atoms with Crippen LogP contribution in [0.5, 0.6) is 5.75 Å². The zero-order valence-electron chi connectivity index (χ0n) is 7.38. The zero-order chi connectivity index (χ0) is 9.68. The lowest BCUT2D eigenvalue weighted by molar-refractivity contribution is 0.406. The highest BCUT2D eigenvalue weighted by atomic mass is 19.1. The molecule has 1 rings (SSSR count). The highest BCUT2D eigenvalue weighted by molar-refractivity contribution is 5.34. The monoisotopic (exact) mass is 179 g/mol. The van der Waals surface area contributed by atoms with E-state index in [0.29, 0.717) is 18.7 Å². The Morgan fingerprint density at radius 2 is 2.31 bits per heavy atom. The van der Waals surface area contributed by atoms with Crippen LogP contribution >= 0.6 is 0 Å². The topological polar surface area (TPSA) is 13.6 Å². The first-order valence-corrected chi connectivity index (χ1v) is 3.93. The average molecular weight is 179 g/mol. The standard InChI is InChI=1S/C10H10FNO/c1-12-6-5-8-3-4-9(11)7-10(8)13-2/h3-4,7H,5-6H2,2H3. The number of nitrogens with zero attached hydrogens (tertiary/aromatic N) is 1. The Labute approximate surface area is 76.8 Å². The molecule has 1 aromatic carbocycles. The quantitative estimate of drug-likeness (QED) is 0.649. The summed E-state index contributed by atoms with van der Waals surface area (Å²) in [7, 11) is 1.50. The van der Waals surface area contributed by atoms with Gasteiger partial charge >= 0.3 is 0 Å². The fraction of sp³-hybridized carbons (Fsp3) is 0.300. The zero-order valence-corrected chi connectivity index (χ0v) is 7.38. The van der Waals surface area contributed by atoms with Gasteiger partial charge in [0.05, 0.1) is 7.11 Å². The molecule has 0 bridgehead atoms. The highest BCUT2D eigenvalue weighted by Gasteiger charge is 2.04. The SMILES string of the molecule is [C-]#[N+]CCc1ccc(F)cc1OC. The molecule has 0 aliphatic heterocycles. The van der Waals surface area contributed by atoms with E-state index in [1.54, 1.807) is 6.07 Å². The van der Waals surface area contributed by atoms with Crippen molar-refractivity contribution >= 4 is 0 Å². The molecule has 0 saturated carbocycles. The van der Waals surface area contributed by atoms with Gasteiger partial charge in [-0.3, -0.25) is 0 Å². The summed E-state index contributed by atoms with van der Waals surface area (Å²) in [5.41, 5.74) is 0.875. The maximum atomic E-state index is 12.7. The molecule has 0 saturated heterocycles. The summed E-state index contributed by atoms with van der Waals surface area (Å²) in [4.78, 5) is 3.23. The van der Waals surface area contributed by atoms with Gasteiger partial charge in [-0.25, -0.2) is 11.0 Å². The molecule has 2 nitrogen and oxygen atoms in total. The molecule has 0 atom stereocenters. The molecule has 0 amide bonds. The molecule has 0 fully saturated rings. The Morgan fingerprint density at radius 1 is 1.54 bits per heavy atom. The Kier molecular flexibility index (Phi) is 3.27. The number of methoxy groups -OCH3 is 1. The molecule has 0 spiro atoms. The number of hydrogen-bond acceptors (Lipinski definition) is 1. The number of benzene rings is 1. The number of rotatable bonds is 3. The van der Waals surface area contributed by atoms with Crippen molar-refractivity contribution in [3.05, 3.63) is 41.0 Å². The van der Waals surface area contributed by atoms with Crippen LogP contribution < -0.4 is 4.74 Å². The second-order valence-electron chi connectivity index (χ2n) is 2.59. The van der Waals surface area contributed by atoms with Crippen molar-refractivity contribution in [1.29, 1.82) is 0 Å². The first-order chi connectivity index (χ1) is 6.27. The molecule has 68 valence electrons. The van der Waals surface area contributed by atoms with Crippen LogP contribution in [0.4, 0.5) is 4.39 Å². The van der Waals surface area contributed by atoms with E-state index in [9.17, 15) is 4.39 Å². The third kappa shape index (κ3) is 2.45. The molecular weight excluding hydrogens is 169 g/mol. The average Bonchev–Trinajstić information content (AvgIpc) is 2.16. The minimum atomic E-state index is -0.316. The number of hydrogen-bond donors (Lipinski definition) is 0. The molecule has 13 heavy (non-hydrogen) atoms. The maximum absolute atomic E-state index is 12.7. The van der Waals surface area contributed by atoms with E-state index in [1.165, 1.54) is 19.2 Å². The largest absolute Gasteiger partial charge is 0.496 e. The van der Waals surface area contributed by atoms with Gasteiger partial charge in [-0.15, -0.1) is 0 Å². The molecule has 0 aliphatic carbocycles. The summed E-state index contributed by atoms with van der Waals surface area (Å²) in [6.45, 7) is 7.04. The van der Waals surface area contributed by atoms with Crippen molar-refractivity contribution in [1.82, 2.24) is 0 Å². The van der Waals surface area contributed by atoms with Crippen LogP contribution in [0.2, 0.25) is 0 Å². The second kappa shape index (κ2) is 4.46. The van der Waals surface area contributed by atoms with Gasteiger partial charge in [-0.1, -0.05) is 6.07 Å². The third-order valence-electron chi connectivity index (χ3n) is 1.74. The van der Waals surface area contributed by atoms with Crippen LogP contribution in [0.1, 0.15) is 5.56 Å². The van der Waals surface area contributed by atoms with Crippen molar-refractivity contribution in [2.75, 3.05) is 13.7 Å². The van der Waals surface area contributed by atoms with Crippen molar-refractivity contribution in [2.45, 2.75) is 6.42 Å². The molecular formula is C10H10FNO. The van der Waals surface area contributed by atoms with E-state index in [4.69, 9.17) is 11.3 Å². The molecule has 0 aromatic heterocycles. The second-order valence-corrected chi connectivity index (χ2v) is 2.59. The minimum absolute atomic E-state index is 0.316. The fourth-order valence-electron chi connectivity index (χ4n) is 1.10. The van der Waals surface area contributed by atoms with Gasteiger partial charge in [0.1, 0.15) is 11.6 Å². The van der Waals surface area contributed by atoms with E-state index < -0.39 is 0 Å². The fourth-order valence-corrected chi connectivity index (χ4v) is 1.10. The van der Waals surface area contributed by atoms with Crippen LogP contribution in [0.3, 0.4) is 0 Å². The predicted octanol–water partition coefficient (Wildman–Crippen LogP) is 2.30. The Bertz CT molecular complexity index is 330. The van der Waals surface area contributed by atoms with Gasteiger partial charge in [0.25, 0.3) is 0 Å². The van der Waals surface area contributed by atoms with Crippen LogP contribution in [0.15, 0.2) is 18.2 Å². The Hall–Kier alpha value is -1.56. The van der Waals surface area contributed by atoms with E-state index in [0.717, 1.165) is 5.56 Å². The van der Waals surface area contributed by atoms with E-state index in [2.05, 4.69) is 4.85 Å². The molecule has 0 unspecified atom stereocenters. The van der Waals surface area contributed by atoms with Gasteiger partial charge in [-0.2, -0.15) is 0 Å². The predicted molar refractivity (Wildman–Crippen MR) is 48.1 cm³/mol. The lowest BCUT2D eigenvalue weighted by atomic mass is 10.1. The first kappa shape index (κ1) is 9.53. The molecule has 0 N–H and O–H groups in total. The van der Waals surface area contributed by atoms with Gasteiger partial charge < -0.3 is 9.58 Å². The van der Waals surface area contributed by atoms with Crippen molar-refractivity contribution in [3.8, 4) is 5.75 Å². The molecule has 0 heterocycles. The van der Waals surface area contributed by atoms with E-state index >= 15 is 0 Å². The van der Waals surface area contributed by atoms with Crippen LogP contribution in [0, 0.1) is 12.4 Å². The van der Waals surface area contributed by atoms with Crippen molar-refractivity contribution < 1.29 is 9.13 Å². The first-order valence-electron chi connectivity index (χ1n) is 3.93. The van der Waals surface area contributed by atoms with Gasteiger partial charge in [-0.05, 0) is 6.07 Å². The summed E-state index contributed by atoms with van der Waals surface area (Å²) >= 11 is 0. The van der Waals surface area contributed by atoms with Crippen LogP contribution in [-0.2, 0) is 6.42 Å². The van der Waals surface area contributed by atoms with E-state index in [-0.39, 0.29) is 5.82 Å². The number of ether oxygens (including phenoxy) is 1. The summed E-state index contributed by atoms with van der Waals surface area (Å²) in [6.07, 6.45) is 0.604. The Morgan fingerprint density at radius 3 is 2.92 bits per heavy atom. The van der Waals surface area contributed by atoms with E-state index in [1.807, 2.05) is 0 Å². The van der Waals surface area contributed by atoms with Crippen molar-refractivity contribution in [3.63, 3.8) is 0 Å². The summed E-state index contributed by atoms with van der Waals surface area (Å²) in [5.74, 6) is 0.201. The van der Waals surface area contributed by atoms with Crippen LogP contribution in [0.25, 0.3) is 4.85 Å². The van der Waals surface area contributed by atoms with Gasteiger partial charge in [0, 0.05) is 18.1 Å². The Balaban J connectivity index is 2.87. The molecule has 0 aliphatic rings. The smallest absolute Gasteiger partial charge is 0.218 e. The summed E-state index contributed by atoms with van der Waals surface area (Å²) in [6, 6.07) is 4.36. The van der Waals surface area contributed by atoms with Gasteiger partial charge in [0.2, 0.25) is 6.54 Å². The molecule has 0 radical (unpaired) electrons. The van der Waals surface area contributed by atoms with Crippen molar-refractivity contribution in [2.24, 2.45) is 0 Å². The minimum Gasteiger partial charge on any atom is -0.496 e. The molecule has 1 aromatic rings. The maximum Gasteiger partial charge on any atom is 0.218 e. The lowest BCUT2D eigenvalue weighted by Crippen LogP contribution is -1.94. The molecule has 3 heteroatoms. The van der Waals surface area contributed by atoms with Gasteiger partial charge in [0.15, 0.2) is 0 Å². The summed E-state index contributed by atoms with van der Waals surface area (Å²) < 4.78 is 17.7. The number of halogens is 1. The lowest BCUT2D eigenvalue weighted by Gasteiger charge is -2.05. The third-order valence-corrected chi connectivity index (χ3v) is 1.74. The normalized spacial score (nSPS) is 9.31. The summed E-state index contributed by atoms with van der Waals surface area (Å²) in [5, 5.41) is 0.